The van der Waals surface area contributed by atoms with Crippen molar-refractivity contribution in [2.75, 3.05) is 33.4 Å². The van der Waals surface area contributed by atoms with Crippen molar-refractivity contribution in [2.24, 2.45) is 0 Å². The molecule has 6 nitrogen and oxygen atoms in total. The average molecular weight is 328 g/mol. The van der Waals surface area contributed by atoms with Crippen LogP contribution in [0.4, 0.5) is 0 Å². The first kappa shape index (κ1) is 17.2. The van der Waals surface area contributed by atoms with E-state index in [0.717, 1.165) is 25.2 Å². The van der Waals surface area contributed by atoms with Crippen LogP contribution >= 0.6 is 0 Å². The van der Waals surface area contributed by atoms with Gasteiger partial charge in [-0.1, -0.05) is 11.3 Å². The topological polar surface area (TPSA) is 67.9 Å². The van der Waals surface area contributed by atoms with Gasteiger partial charge in [-0.05, 0) is 56.6 Å². The summed E-state index contributed by atoms with van der Waals surface area (Å²) in [5.41, 5.74) is 0.763. The molecule has 22 heavy (non-hydrogen) atoms. The summed E-state index contributed by atoms with van der Waals surface area (Å²) in [4.78, 5) is 9.78. The molecule has 1 saturated heterocycles. The van der Waals surface area contributed by atoms with Gasteiger partial charge in [-0.2, -0.15) is 0 Å². The fraction of sp³-hybridized carbons (Fsp3) is 0.600. The monoisotopic (exact) mass is 328 g/mol. The van der Waals surface area contributed by atoms with E-state index in [2.05, 4.69) is 9.79 Å². The molecule has 0 radical (unpaired) electrons. The molecule has 7 heteroatoms. The molecule has 0 aliphatic carbocycles. The molecule has 124 valence electrons. The zero-order valence-corrected chi connectivity index (χ0v) is 14.0. The van der Waals surface area contributed by atoms with E-state index in [0.29, 0.717) is 12.4 Å². The molecule has 1 N–H and O–H groups in total. The summed E-state index contributed by atoms with van der Waals surface area (Å²) in [7, 11) is -2.10. The predicted molar refractivity (Wildman–Crippen MR) is 84.3 cm³/mol. The van der Waals surface area contributed by atoms with E-state index in [1.54, 1.807) is 26.2 Å². The number of ether oxygens (including phenoxy) is 1. The molecule has 0 amide bonds. The molecular weight excluding hydrogens is 304 g/mol. The van der Waals surface area contributed by atoms with Crippen LogP contribution in [-0.2, 0) is 14.9 Å². The van der Waals surface area contributed by atoms with Crippen molar-refractivity contribution in [1.29, 1.82) is 0 Å². The fourth-order valence-electron chi connectivity index (χ4n) is 2.54. The van der Waals surface area contributed by atoms with Gasteiger partial charge in [0.1, 0.15) is 5.75 Å². The lowest BCUT2D eigenvalue weighted by molar-refractivity contribution is 0.0656. The molecule has 0 bridgehead atoms. The lowest BCUT2D eigenvalue weighted by Gasteiger charge is -2.25. The number of piperidine rings is 1. The van der Waals surface area contributed by atoms with Crippen LogP contribution in [0.25, 0.3) is 0 Å². The smallest absolute Gasteiger partial charge is 0.262 e. The Hall–Kier alpha value is -1.15. The highest BCUT2D eigenvalue weighted by Crippen LogP contribution is 2.21. The van der Waals surface area contributed by atoms with Crippen molar-refractivity contribution in [2.45, 2.75) is 31.1 Å². The number of likely N-dealkylation sites (tertiary alicyclic amines) is 1. The van der Waals surface area contributed by atoms with E-state index in [1.807, 2.05) is 0 Å². The van der Waals surface area contributed by atoms with E-state index in [4.69, 9.17) is 9.57 Å². The third-order valence-electron chi connectivity index (χ3n) is 3.80. The van der Waals surface area contributed by atoms with Crippen LogP contribution in [0.3, 0.4) is 0 Å². The Kier molecular flexibility index (Phi) is 6.19. The summed E-state index contributed by atoms with van der Waals surface area (Å²) < 4.78 is 29.4. The number of hydrogen-bond acceptors (Lipinski definition) is 5. The van der Waals surface area contributed by atoms with Crippen molar-refractivity contribution < 1.29 is 18.0 Å². The summed E-state index contributed by atoms with van der Waals surface area (Å²) in [5.74, 6) is 0.657. The molecule has 1 aliphatic heterocycles. The molecule has 1 aromatic rings. The van der Waals surface area contributed by atoms with Crippen LogP contribution in [0.1, 0.15) is 24.8 Å². The maximum Gasteiger partial charge on any atom is 0.262 e. The SMILES string of the molecule is COc1ccc(S(=O)(=O)NOCCN2CCCCC2)cc1C. The number of rotatable bonds is 7. The normalized spacial score (nSPS) is 16.6. The number of methoxy groups -OCH3 is 1. The molecule has 2 rings (SSSR count). The summed E-state index contributed by atoms with van der Waals surface area (Å²) >= 11 is 0. The Labute approximate surface area is 132 Å². The molecule has 1 aliphatic rings. The Balaban J connectivity index is 1.84. The van der Waals surface area contributed by atoms with Crippen LogP contribution < -0.4 is 9.62 Å². The molecule has 0 aromatic heterocycles. The second kappa shape index (κ2) is 7.92. The third-order valence-corrected chi connectivity index (χ3v) is 5.02. The molecule has 0 saturated carbocycles. The maximum absolute atomic E-state index is 12.1. The van der Waals surface area contributed by atoms with Gasteiger partial charge in [-0.3, -0.25) is 4.84 Å². The number of nitrogens with zero attached hydrogens (tertiary/aromatic N) is 1. The zero-order valence-electron chi connectivity index (χ0n) is 13.2. The first-order valence-electron chi connectivity index (χ1n) is 7.53. The minimum atomic E-state index is -3.66. The number of hydrogen-bond donors (Lipinski definition) is 1. The van der Waals surface area contributed by atoms with Crippen molar-refractivity contribution >= 4 is 10.0 Å². The zero-order chi connectivity index (χ0) is 16.0. The minimum absolute atomic E-state index is 0.170. The second-order valence-electron chi connectivity index (χ2n) is 5.47. The van der Waals surface area contributed by atoms with Crippen molar-refractivity contribution in [3.63, 3.8) is 0 Å². The molecule has 0 unspecified atom stereocenters. The quantitative estimate of drug-likeness (QED) is 0.609. The largest absolute Gasteiger partial charge is 0.496 e. The summed E-state index contributed by atoms with van der Waals surface area (Å²) in [6.45, 7) is 5.01. The van der Waals surface area contributed by atoms with Gasteiger partial charge in [-0.15, -0.1) is 0 Å². The third kappa shape index (κ3) is 4.67. The first-order valence-corrected chi connectivity index (χ1v) is 9.02. The Bertz CT molecular complexity index is 583. The molecule has 1 aromatic carbocycles. The number of benzene rings is 1. The number of sulfonamides is 1. The van der Waals surface area contributed by atoms with E-state index in [1.165, 1.54) is 25.3 Å². The lowest BCUT2D eigenvalue weighted by atomic mass is 10.1. The van der Waals surface area contributed by atoms with Crippen LogP contribution in [-0.4, -0.2) is 46.7 Å². The van der Waals surface area contributed by atoms with Crippen molar-refractivity contribution in [1.82, 2.24) is 9.79 Å². The van der Waals surface area contributed by atoms with Crippen LogP contribution in [0.5, 0.6) is 5.75 Å². The Morgan fingerprint density at radius 3 is 2.59 bits per heavy atom. The highest BCUT2D eigenvalue weighted by atomic mass is 32.2. The van der Waals surface area contributed by atoms with Gasteiger partial charge < -0.3 is 9.64 Å². The lowest BCUT2D eigenvalue weighted by Crippen LogP contribution is -2.35. The first-order chi connectivity index (χ1) is 10.5. The summed E-state index contributed by atoms with van der Waals surface area (Å²) in [6.07, 6.45) is 3.69. The van der Waals surface area contributed by atoms with Gasteiger partial charge in [0, 0.05) is 6.54 Å². The van der Waals surface area contributed by atoms with Gasteiger partial charge in [0.2, 0.25) is 0 Å². The van der Waals surface area contributed by atoms with Gasteiger partial charge in [0.05, 0.1) is 18.6 Å². The van der Waals surface area contributed by atoms with Crippen LogP contribution in [0.15, 0.2) is 23.1 Å². The molecule has 1 fully saturated rings. The second-order valence-corrected chi connectivity index (χ2v) is 7.11. The average Bonchev–Trinajstić information content (AvgIpc) is 2.52. The Morgan fingerprint density at radius 2 is 1.95 bits per heavy atom. The van der Waals surface area contributed by atoms with Gasteiger partial charge in [-0.25, -0.2) is 8.42 Å². The molecule has 0 atom stereocenters. The summed E-state index contributed by atoms with van der Waals surface area (Å²) in [5, 5.41) is 0. The van der Waals surface area contributed by atoms with Crippen molar-refractivity contribution in [3.05, 3.63) is 23.8 Å². The van der Waals surface area contributed by atoms with Crippen LogP contribution in [0, 0.1) is 6.92 Å². The van der Waals surface area contributed by atoms with E-state index >= 15 is 0 Å². The van der Waals surface area contributed by atoms with Crippen LogP contribution in [0.2, 0.25) is 0 Å². The summed E-state index contributed by atoms with van der Waals surface area (Å²) in [6, 6.07) is 4.70. The van der Waals surface area contributed by atoms with Crippen molar-refractivity contribution in [3.8, 4) is 5.75 Å². The highest BCUT2D eigenvalue weighted by molar-refractivity contribution is 7.89. The van der Waals surface area contributed by atoms with E-state index in [-0.39, 0.29) is 4.90 Å². The van der Waals surface area contributed by atoms with E-state index < -0.39 is 10.0 Å². The molecular formula is C15H24N2O4S. The number of nitrogens with one attached hydrogen (secondary N) is 1. The van der Waals surface area contributed by atoms with Gasteiger partial charge >= 0.3 is 0 Å². The fourth-order valence-corrected chi connectivity index (χ4v) is 3.46. The minimum Gasteiger partial charge on any atom is -0.496 e. The molecule has 0 spiro atoms. The standard InChI is InChI=1S/C15H24N2O4S/c1-13-12-14(6-7-15(13)20-2)22(18,19)16-21-11-10-17-8-4-3-5-9-17/h6-7,12,16H,3-5,8-11H2,1-2H3. The predicted octanol–water partition coefficient (Wildman–Crippen LogP) is 1.70. The van der Waals surface area contributed by atoms with Gasteiger partial charge in [0.15, 0.2) is 0 Å². The van der Waals surface area contributed by atoms with E-state index in [9.17, 15) is 8.42 Å². The number of aryl methyl sites for hydroxylation is 1. The van der Waals surface area contributed by atoms with Gasteiger partial charge in [0.25, 0.3) is 10.0 Å². The maximum atomic E-state index is 12.1. The highest BCUT2D eigenvalue weighted by Gasteiger charge is 2.16. The molecule has 1 heterocycles. The Morgan fingerprint density at radius 1 is 1.23 bits per heavy atom.